The molecule has 0 amide bonds. The van der Waals surface area contributed by atoms with Gasteiger partial charge in [0.15, 0.2) is 0 Å². The zero-order valence-corrected chi connectivity index (χ0v) is 13.3. The summed E-state index contributed by atoms with van der Waals surface area (Å²) < 4.78 is 11.6. The van der Waals surface area contributed by atoms with Gasteiger partial charge in [0.1, 0.15) is 24.7 Å². The second-order valence-corrected chi connectivity index (χ2v) is 5.30. The zero-order valence-electron chi connectivity index (χ0n) is 13.3. The molecule has 3 aromatic rings. The van der Waals surface area contributed by atoms with Gasteiger partial charge < -0.3 is 14.8 Å². The molecular formula is C20H21NO2. The SMILES string of the molecule is CNCc1c(OCCOc2ccccc2)ccc2ccccc12. The summed E-state index contributed by atoms with van der Waals surface area (Å²) >= 11 is 0. The minimum absolute atomic E-state index is 0.518. The molecule has 0 aromatic heterocycles. The van der Waals surface area contributed by atoms with Gasteiger partial charge in [-0.25, -0.2) is 0 Å². The minimum Gasteiger partial charge on any atom is -0.490 e. The molecule has 3 aromatic carbocycles. The summed E-state index contributed by atoms with van der Waals surface area (Å²) in [6.07, 6.45) is 0. The number of ether oxygens (including phenoxy) is 2. The summed E-state index contributed by atoms with van der Waals surface area (Å²) in [5.74, 6) is 1.78. The van der Waals surface area contributed by atoms with Gasteiger partial charge in [0, 0.05) is 12.1 Å². The molecule has 0 radical (unpaired) electrons. The maximum Gasteiger partial charge on any atom is 0.124 e. The summed E-state index contributed by atoms with van der Waals surface area (Å²) in [7, 11) is 1.95. The van der Waals surface area contributed by atoms with Crippen LogP contribution in [0.3, 0.4) is 0 Å². The van der Waals surface area contributed by atoms with E-state index < -0.39 is 0 Å². The quantitative estimate of drug-likeness (QED) is 0.669. The van der Waals surface area contributed by atoms with Crippen molar-refractivity contribution in [3.05, 3.63) is 72.3 Å². The number of hydrogen-bond donors (Lipinski definition) is 1. The van der Waals surface area contributed by atoms with E-state index >= 15 is 0 Å². The van der Waals surface area contributed by atoms with Crippen LogP contribution in [0.15, 0.2) is 66.7 Å². The Morgan fingerprint density at radius 3 is 2.35 bits per heavy atom. The van der Waals surface area contributed by atoms with E-state index in [1.54, 1.807) is 0 Å². The predicted molar refractivity (Wildman–Crippen MR) is 94.1 cm³/mol. The molecular weight excluding hydrogens is 286 g/mol. The van der Waals surface area contributed by atoms with Gasteiger partial charge in [0.05, 0.1) is 0 Å². The average Bonchev–Trinajstić information content (AvgIpc) is 2.61. The van der Waals surface area contributed by atoms with E-state index in [0.717, 1.165) is 18.0 Å². The molecule has 23 heavy (non-hydrogen) atoms. The molecule has 0 aliphatic heterocycles. The van der Waals surface area contributed by atoms with Crippen molar-refractivity contribution in [1.82, 2.24) is 5.32 Å². The second kappa shape index (κ2) is 7.65. The predicted octanol–water partition coefficient (Wildman–Crippen LogP) is 4.02. The van der Waals surface area contributed by atoms with E-state index in [4.69, 9.17) is 9.47 Å². The van der Waals surface area contributed by atoms with Crippen LogP contribution < -0.4 is 14.8 Å². The zero-order chi connectivity index (χ0) is 15.9. The molecule has 0 fully saturated rings. The van der Waals surface area contributed by atoms with Crippen LogP contribution >= 0.6 is 0 Å². The fourth-order valence-electron chi connectivity index (χ4n) is 2.64. The van der Waals surface area contributed by atoms with Gasteiger partial charge in [-0.05, 0) is 36.0 Å². The van der Waals surface area contributed by atoms with Crippen molar-refractivity contribution in [3.63, 3.8) is 0 Å². The minimum atomic E-state index is 0.518. The topological polar surface area (TPSA) is 30.5 Å². The number of para-hydroxylation sites is 1. The lowest BCUT2D eigenvalue weighted by atomic mass is 10.0. The normalized spacial score (nSPS) is 10.7. The van der Waals surface area contributed by atoms with Crippen LogP contribution in [0, 0.1) is 0 Å². The highest BCUT2D eigenvalue weighted by molar-refractivity contribution is 5.87. The van der Waals surface area contributed by atoms with E-state index in [0.29, 0.717) is 13.2 Å². The Kier molecular flexibility index (Phi) is 5.12. The van der Waals surface area contributed by atoms with Gasteiger partial charge >= 0.3 is 0 Å². The Bertz CT molecular complexity index is 756. The van der Waals surface area contributed by atoms with Gasteiger partial charge in [-0.2, -0.15) is 0 Å². The molecule has 3 nitrogen and oxygen atoms in total. The van der Waals surface area contributed by atoms with Crippen molar-refractivity contribution in [3.8, 4) is 11.5 Å². The summed E-state index contributed by atoms with van der Waals surface area (Å²) in [4.78, 5) is 0. The van der Waals surface area contributed by atoms with Crippen molar-refractivity contribution in [1.29, 1.82) is 0 Å². The number of fused-ring (bicyclic) bond motifs is 1. The van der Waals surface area contributed by atoms with Crippen LogP contribution in [0.4, 0.5) is 0 Å². The highest BCUT2D eigenvalue weighted by Crippen LogP contribution is 2.28. The van der Waals surface area contributed by atoms with Crippen molar-refractivity contribution in [2.24, 2.45) is 0 Å². The third-order valence-electron chi connectivity index (χ3n) is 3.70. The standard InChI is InChI=1S/C20H21NO2/c1-21-15-19-18-10-6-5-7-16(18)11-12-20(19)23-14-13-22-17-8-3-2-4-9-17/h2-12,21H,13-15H2,1H3. The first-order chi connectivity index (χ1) is 11.4. The molecule has 0 saturated carbocycles. The molecule has 0 aliphatic rings. The lowest BCUT2D eigenvalue weighted by Crippen LogP contribution is -2.12. The molecule has 0 bridgehead atoms. The van der Waals surface area contributed by atoms with Gasteiger partial charge in [0.2, 0.25) is 0 Å². The average molecular weight is 307 g/mol. The van der Waals surface area contributed by atoms with E-state index in [2.05, 4.69) is 35.6 Å². The van der Waals surface area contributed by atoms with Crippen LogP contribution in [-0.4, -0.2) is 20.3 Å². The first kappa shape index (κ1) is 15.4. The van der Waals surface area contributed by atoms with Crippen LogP contribution in [0.5, 0.6) is 11.5 Å². The third kappa shape index (κ3) is 3.82. The molecule has 0 spiro atoms. The monoisotopic (exact) mass is 307 g/mol. The Morgan fingerprint density at radius 2 is 1.52 bits per heavy atom. The van der Waals surface area contributed by atoms with Crippen molar-refractivity contribution in [2.45, 2.75) is 6.54 Å². The lowest BCUT2D eigenvalue weighted by molar-refractivity contribution is 0.216. The molecule has 0 heterocycles. The van der Waals surface area contributed by atoms with Crippen LogP contribution in [0.1, 0.15) is 5.56 Å². The Labute approximate surface area is 136 Å². The van der Waals surface area contributed by atoms with Gasteiger partial charge in [-0.3, -0.25) is 0 Å². The molecule has 118 valence electrons. The largest absolute Gasteiger partial charge is 0.490 e. The Hall–Kier alpha value is -2.52. The van der Waals surface area contributed by atoms with Gasteiger partial charge in [0.25, 0.3) is 0 Å². The first-order valence-electron chi connectivity index (χ1n) is 7.84. The van der Waals surface area contributed by atoms with Crippen molar-refractivity contribution in [2.75, 3.05) is 20.3 Å². The molecule has 3 rings (SSSR count). The van der Waals surface area contributed by atoms with Crippen molar-refractivity contribution >= 4 is 10.8 Å². The molecule has 3 heteroatoms. The summed E-state index contributed by atoms with van der Waals surface area (Å²) in [5, 5.41) is 5.67. The molecule has 0 unspecified atom stereocenters. The summed E-state index contributed by atoms with van der Waals surface area (Å²) in [5.41, 5.74) is 1.19. The molecule has 0 saturated heterocycles. The summed E-state index contributed by atoms with van der Waals surface area (Å²) in [6, 6.07) is 22.3. The number of hydrogen-bond acceptors (Lipinski definition) is 3. The Morgan fingerprint density at radius 1 is 0.783 bits per heavy atom. The third-order valence-corrected chi connectivity index (χ3v) is 3.70. The van der Waals surface area contributed by atoms with Crippen LogP contribution in [-0.2, 0) is 6.54 Å². The smallest absolute Gasteiger partial charge is 0.124 e. The Balaban J connectivity index is 1.68. The van der Waals surface area contributed by atoms with E-state index in [1.807, 2.05) is 43.4 Å². The van der Waals surface area contributed by atoms with Crippen LogP contribution in [0.25, 0.3) is 10.8 Å². The van der Waals surface area contributed by atoms with E-state index in [1.165, 1.54) is 16.3 Å². The first-order valence-corrected chi connectivity index (χ1v) is 7.84. The van der Waals surface area contributed by atoms with E-state index in [-0.39, 0.29) is 0 Å². The van der Waals surface area contributed by atoms with Gasteiger partial charge in [-0.1, -0.05) is 48.5 Å². The molecule has 0 aliphatic carbocycles. The summed E-state index contributed by atoms with van der Waals surface area (Å²) in [6.45, 7) is 1.82. The maximum absolute atomic E-state index is 5.95. The van der Waals surface area contributed by atoms with E-state index in [9.17, 15) is 0 Å². The number of nitrogens with one attached hydrogen (secondary N) is 1. The fourth-order valence-corrected chi connectivity index (χ4v) is 2.64. The van der Waals surface area contributed by atoms with Gasteiger partial charge in [-0.15, -0.1) is 0 Å². The molecule has 1 N–H and O–H groups in total. The maximum atomic E-state index is 5.95. The highest BCUT2D eigenvalue weighted by atomic mass is 16.5. The highest BCUT2D eigenvalue weighted by Gasteiger charge is 2.08. The molecule has 0 atom stereocenters. The van der Waals surface area contributed by atoms with Crippen LogP contribution in [0.2, 0.25) is 0 Å². The van der Waals surface area contributed by atoms with Crippen molar-refractivity contribution < 1.29 is 9.47 Å². The lowest BCUT2D eigenvalue weighted by Gasteiger charge is -2.14. The fraction of sp³-hybridized carbons (Fsp3) is 0.200. The number of benzene rings is 3. The number of rotatable bonds is 7. The second-order valence-electron chi connectivity index (χ2n) is 5.30.